The van der Waals surface area contributed by atoms with Crippen LogP contribution in [0.2, 0.25) is 0 Å². The highest BCUT2D eigenvalue weighted by atomic mass is 16.5. The molecule has 0 bridgehead atoms. The van der Waals surface area contributed by atoms with Crippen LogP contribution in [0.3, 0.4) is 0 Å². The molecule has 5 rings (SSSR count). The van der Waals surface area contributed by atoms with Gasteiger partial charge >= 0.3 is 0 Å². The van der Waals surface area contributed by atoms with Gasteiger partial charge in [-0.25, -0.2) is 9.50 Å². The first-order valence-corrected chi connectivity index (χ1v) is 10.2. The van der Waals surface area contributed by atoms with E-state index in [0.29, 0.717) is 30.4 Å². The Morgan fingerprint density at radius 2 is 2.09 bits per heavy atom. The zero-order chi connectivity index (χ0) is 22.1. The van der Waals surface area contributed by atoms with Gasteiger partial charge in [-0.3, -0.25) is 14.7 Å². The van der Waals surface area contributed by atoms with E-state index in [9.17, 15) is 9.59 Å². The molecule has 10 nitrogen and oxygen atoms in total. The lowest BCUT2D eigenvalue weighted by Gasteiger charge is -2.22. The van der Waals surface area contributed by atoms with Crippen molar-refractivity contribution in [2.24, 2.45) is 0 Å². The first-order valence-electron chi connectivity index (χ1n) is 10.2. The Kier molecular flexibility index (Phi) is 5.12. The molecule has 1 aromatic carbocycles. The number of H-pyrrole nitrogens is 1. The predicted molar refractivity (Wildman–Crippen MR) is 116 cm³/mol. The Balaban J connectivity index is 1.35. The molecule has 0 spiro atoms. The summed E-state index contributed by atoms with van der Waals surface area (Å²) in [5.41, 5.74) is 2.33. The number of anilines is 1. The highest BCUT2D eigenvalue weighted by molar-refractivity contribution is 6.10. The number of hydrogen-bond acceptors (Lipinski definition) is 6. The summed E-state index contributed by atoms with van der Waals surface area (Å²) in [5, 5.41) is 13.8. The third kappa shape index (κ3) is 3.71. The molecule has 1 saturated heterocycles. The van der Waals surface area contributed by atoms with Crippen LogP contribution in [0.5, 0.6) is 0 Å². The SMILES string of the molecule is CN(C(=O)c1cn[nH]c1C(=O)Nc1ccn2nc(-c3ccccc3)nc2c1)[C@@H]1CCOC1. The number of ether oxygens (including phenoxy) is 1. The van der Waals surface area contributed by atoms with Gasteiger partial charge in [-0.05, 0) is 12.5 Å². The minimum absolute atomic E-state index is 0.0116. The number of nitrogens with one attached hydrogen (secondary N) is 2. The molecule has 4 heterocycles. The molecular formula is C22H21N7O3. The first-order chi connectivity index (χ1) is 15.6. The van der Waals surface area contributed by atoms with E-state index in [0.717, 1.165) is 12.0 Å². The smallest absolute Gasteiger partial charge is 0.274 e. The van der Waals surface area contributed by atoms with Crippen molar-refractivity contribution in [3.05, 3.63) is 66.1 Å². The maximum atomic E-state index is 12.9. The second-order valence-corrected chi connectivity index (χ2v) is 7.57. The van der Waals surface area contributed by atoms with Crippen LogP contribution >= 0.6 is 0 Å². The van der Waals surface area contributed by atoms with Crippen molar-refractivity contribution in [1.29, 1.82) is 0 Å². The zero-order valence-corrected chi connectivity index (χ0v) is 17.4. The normalized spacial score (nSPS) is 15.7. The molecule has 4 aromatic rings. The minimum atomic E-state index is -0.464. The summed E-state index contributed by atoms with van der Waals surface area (Å²) in [4.78, 5) is 31.9. The largest absolute Gasteiger partial charge is 0.379 e. The zero-order valence-electron chi connectivity index (χ0n) is 17.4. The Labute approximate surface area is 183 Å². The summed E-state index contributed by atoms with van der Waals surface area (Å²) in [6.07, 6.45) is 3.86. The number of hydrogen-bond donors (Lipinski definition) is 2. The van der Waals surface area contributed by atoms with Gasteiger partial charge in [-0.1, -0.05) is 30.3 Å². The molecular weight excluding hydrogens is 410 g/mol. The van der Waals surface area contributed by atoms with Crippen LogP contribution in [0.15, 0.2) is 54.9 Å². The maximum Gasteiger partial charge on any atom is 0.274 e. The van der Waals surface area contributed by atoms with Gasteiger partial charge in [0.15, 0.2) is 11.5 Å². The topological polar surface area (TPSA) is 118 Å². The standard InChI is InChI=1S/C22H21N7O3/c1-28(16-8-10-32-13-16)22(31)17-12-23-26-19(17)21(30)24-15-7-9-29-18(11-15)25-20(27-29)14-5-3-2-4-6-14/h2-7,9,11-12,16H,8,10,13H2,1H3,(H,23,26)(H,24,30)/t16-/m1/s1. The summed E-state index contributed by atoms with van der Waals surface area (Å²) in [5.74, 6) is -0.150. The quantitative estimate of drug-likeness (QED) is 0.500. The fourth-order valence-corrected chi connectivity index (χ4v) is 3.67. The monoisotopic (exact) mass is 431 g/mol. The van der Waals surface area contributed by atoms with Crippen LogP contribution in [0, 0.1) is 0 Å². The van der Waals surface area contributed by atoms with Crippen molar-refractivity contribution in [2.75, 3.05) is 25.6 Å². The fourth-order valence-electron chi connectivity index (χ4n) is 3.67. The number of aromatic nitrogens is 5. The lowest BCUT2D eigenvalue weighted by atomic mass is 10.1. The summed E-state index contributed by atoms with van der Waals surface area (Å²) in [6, 6.07) is 13.1. The molecule has 1 atom stereocenters. The average molecular weight is 431 g/mol. The van der Waals surface area contributed by atoms with Crippen molar-refractivity contribution in [3.63, 3.8) is 0 Å². The molecule has 2 amide bonds. The molecule has 162 valence electrons. The van der Waals surface area contributed by atoms with Gasteiger partial charge in [-0.2, -0.15) is 5.10 Å². The summed E-state index contributed by atoms with van der Waals surface area (Å²) in [6.45, 7) is 1.11. The van der Waals surface area contributed by atoms with Gasteiger partial charge in [-0.15, -0.1) is 5.10 Å². The van der Waals surface area contributed by atoms with E-state index in [1.54, 1.807) is 34.8 Å². The molecule has 0 aliphatic carbocycles. The van der Waals surface area contributed by atoms with E-state index >= 15 is 0 Å². The summed E-state index contributed by atoms with van der Waals surface area (Å²) >= 11 is 0. The molecule has 0 radical (unpaired) electrons. The Morgan fingerprint density at radius 1 is 1.25 bits per heavy atom. The van der Waals surface area contributed by atoms with Crippen molar-refractivity contribution in [1.82, 2.24) is 29.7 Å². The number of amides is 2. The summed E-state index contributed by atoms with van der Waals surface area (Å²) in [7, 11) is 1.71. The van der Waals surface area contributed by atoms with E-state index in [2.05, 4.69) is 25.6 Å². The molecule has 3 aromatic heterocycles. The van der Waals surface area contributed by atoms with Gasteiger partial charge in [0, 0.05) is 37.2 Å². The number of fused-ring (bicyclic) bond motifs is 1. The predicted octanol–water partition coefficient (Wildman–Crippen LogP) is 2.23. The fraction of sp³-hybridized carbons (Fsp3) is 0.227. The number of rotatable bonds is 5. The van der Waals surface area contributed by atoms with Crippen LogP contribution in [0.25, 0.3) is 17.0 Å². The third-order valence-electron chi connectivity index (χ3n) is 5.50. The van der Waals surface area contributed by atoms with Crippen LogP contribution < -0.4 is 5.32 Å². The summed E-state index contributed by atoms with van der Waals surface area (Å²) < 4.78 is 7.00. The number of likely N-dealkylation sites (N-methyl/N-ethyl adjacent to an activating group) is 1. The highest BCUT2D eigenvalue weighted by Crippen LogP contribution is 2.19. The van der Waals surface area contributed by atoms with Crippen LogP contribution in [0.4, 0.5) is 5.69 Å². The number of carbonyl (C=O) groups is 2. The molecule has 0 saturated carbocycles. The van der Waals surface area contributed by atoms with E-state index in [-0.39, 0.29) is 23.2 Å². The number of benzene rings is 1. The van der Waals surface area contributed by atoms with Crippen LogP contribution in [-0.2, 0) is 4.74 Å². The van der Waals surface area contributed by atoms with Gasteiger partial charge < -0.3 is 15.0 Å². The molecule has 0 unspecified atom stereocenters. The van der Waals surface area contributed by atoms with Crippen molar-refractivity contribution < 1.29 is 14.3 Å². The van der Waals surface area contributed by atoms with Gasteiger partial charge in [0.05, 0.1) is 24.4 Å². The lowest BCUT2D eigenvalue weighted by Crippen LogP contribution is -2.38. The average Bonchev–Trinajstić information content (AvgIpc) is 3.58. The van der Waals surface area contributed by atoms with Crippen LogP contribution in [0.1, 0.15) is 27.3 Å². The molecule has 32 heavy (non-hydrogen) atoms. The van der Waals surface area contributed by atoms with E-state index in [1.165, 1.54) is 6.20 Å². The van der Waals surface area contributed by atoms with Crippen molar-refractivity contribution in [3.8, 4) is 11.4 Å². The highest BCUT2D eigenvalue weighted by Gasteiger charge is 2.28. The second-order valence-electron chi connectivity index (χ2n) is 7.57. The van der Waals surface area contributed by atoms with Gasteiger partial charge in [0.1, 0.15) is 5.69 Å². The Bertz CT molecular complexity index is 1280. The molecule has 10 heteroatoms. The maximum absolute atomic E-state index is 12.9. The second kappa shape index (κ2) is 8.23. The van der Waals surface area contributed by atoms with Crippen molar-refractivity contribution in [2.45, 2.75) is 12.5 Å². The van der Waals surface area contributed by atoms with E-state index in [1.807, 2.05) is 30.3 Å². The van der Waals surface area contributed by atoms with E-state index in [4.69, 9.17) is 4.74 Å². The van der Waals surface area contributed by atoms with E-state index < -0.39 is 5.91 Å². The first kappa shape index (κ1) is 19.9. The van der Waals surface area contributed by atoms with Crippen molar-refractivity contribution >= 4 is 23.1 Å². The number of aromatic amines is 1. The number of nitrogens with zero attached hydrogens (tertiary/aromatic N) is 5. The third-order valence-corrected chi connectivity index (χ3v) is 5.50. The molecule has 1 aliphatic heterocycles. The molecule has 1 aliphatic rings. The minimum Gasteiger partial charge on any atom is -0.379 e. The molecule has 1 fully saturated rings. The Morgan fingerprint density at radius 3 is 2.88 bits per heavy atom. The van der Waals surface area contributed by atoms with Gasteiger partial charge in [0.2, 0.25) is 0 Å². The van der Waals surface area contributed by atoms with Crippen LogP contribution in [-0.4, -0.2) is 67.8 Å². The van der Waals surface area contributed by atoms with Gasteiger partial charge in [0.25, 0.3) is 11.8 Å². The Hall–Kier alpha value is -4.05. The number of carbonyl (C=O) groups excluding carboxylic acids is 2. The number of pyridine rings is 1. The lowest BCUT2D eigenvalue weighted by molar-refractivity contribution is 0.0707. The molecule has 2 N–H and O–H groups in total.